The predicted octanol–water partition coefficient (Wildman–Crippen LogP) is 6.19. The number of aromatic nitrogens is 1. The van der Waals surface area contributed by atoms with Crippen LogP contribution >= 0.6 is 0 Å². The number of likely N-dealkylation sites (tertiary alicyclic amines) is 1. The molecule has 3 aromatic carbocycles. The number of nitrogens with zero attached hydrogens (tertiary/aromatic N) is 2. The number of benzene rings is 3. The first-order valence-electron chi connectivity index (χ1n) is 18.7. The summed E-state index contributed by atoms with van der Waals surface area (Å²) >= 11 is 0. The highest BCUT2D eigenvalue weighted by Crippen LogP contribution is 2.44. The maximum absolute atomic E-state index is 14.0. The number of methoxy groups -OCH3 is 1. The van der Waals surface area contributed by atoms with Gasteiger partial charge in [0.05, 0.1) is 31.5 Å². The van der Waals surface area contributed by atoms with Crippen LogP contribution in [0.4, 0.5) is 0 Å². The number of carbonyl (C=O) groups excluding carboxylic acids is 3. The van der Waals surface area contributed by atoms with Gasteiger partial charge in [-0.25, -0.2) is 18.1 Å². The molecule has 4 aromatic rings. The van der Waals surface area contributed by atoms with Crippen molar-refractivity contribution in [3.63, 3.8) is 0 Å². The highest BCUT2D eigenvalue weighted by atomic mass is 32.2. The number of carbonyl (C=O) groups is 3. The number of unbranched alkanes of at least 4 members (excludes halogenated alkanes) is 4. The summed E-state index contributed by atoms with van der Waals surface area (Å²) in [7, 11) is -2.78. The molecule has 0 radical (unpaired) electrons. The molecule has 2 heterocycles. The molecule has 2 aliphatic rings. The number of allylic oxidation sites excluding steroid dienone is 1. The minimum absolute atomic E-state index is 0.128. The van der Waals surface area contributed by atoms with Crippen molar-refractivity contribution in [2.24, 2.45) is 5.92 Å². The number of rotatable bonds is 17. The van der Waals surface area contributed by atoms with Crippen molar-refractivity contribution in [1.82, 2.24) is 19.9 Å². The van der Waals surface area contributed by atoms with Crippen LogP contribution in [-0.2, 0) is 24.4 Å². The third-order valence-corrected chi connectivity index (χ3v) is 11.7. The zero-order chi connectivity index (χ0) is 39.2. The Bertz CT molecular complexity index is 2160. The summed E-state index contributed by atoms with van der Waals surface area (Å²) in [6.45, 7) is 7.32. The maximum Gasteiger partial charge on any atom is 0.267 e. The zero-order valence-electron chi connectivity index (χ0n) is 31.5. The fourth-order valence-electron chi connectivity index (χ4n) is 7.08. The zero-order valence-corrected chi connectivity index (χ0v) is 32.3. The summed E-state index contributed by atoms with van der Waals surface area (Å²) in [6.07, 6.45) is 6.37. The Balaban J connectivity index is 1.15. The monoisotopic (exact) mass is 768 g/mol. The standard InChI is InChI=1S/C42H48N4O8S/c1-5-6-7-8-9-15-22-53-37-18-13-14-19-39(37)55(50,51)45-41(49)42(26-28(42)2)44-40(48)36-24-32(27-46(36)29(3)47)54-38-25-34(30-16-11-10-12-17-30)43-35-23-31(52-4)20-21-33(35)38/h5,10-14,16-21,23,25,28,32,36H,1,6-9,15,22,24,26-27H2,2-4H3,(H,44,48)(H,45,49)/t28-,32-,36+,42-/m1/s1. The van der Waals surface area contributed by atoms with Gasteiger partial charge in [0.2, 0.25) is 11.8 Å². The van der Waals surface area contributed by atoms with E-state index in [1.165, 1.54) is 17.9 Å². The Morgan fingerprint density at radius 1 is 0.982 bits per heavy atom. The molecule has 1 aliphatic heterocycles. The lowest BCUT2D eigenvalue weighted by molar-refractivity contribution is -0.138. The van der Waals surface area contributed by atoms with Crippen molar-refractivity contribution in [3.05, 3.63) is 91.5 Å². The average molecular weight is 769 g/mol. The molecule has 4 atom stereocenters. The van der Waals surface area contributed by atoms with Crippen LogP contribution in [0.15, 0.2) is 96.4 Å². The first-order chi connectivity index (χ1) is 26.5. The van der Waals surface area contributed by atoms with Crippen molar-refractivity contribution in [3.8, 4) is 28.5 Å². The lowest BCUT2D eigenvalue weighted by atomic mass is 10.1. The van der Waals surface area contributed by atoms with Crippen LogP contribution in [0.25, 0.3) is 22.2 Å². The number of hydrogen-bond acceptors (Lipinski definition) is 9. The molecule has 12 nitrogen and oxygen atoms in total. The van der Waals surface area contributed by atoms with E-state index in [9.17, 15) is 22.8 Å². The second-order valence-electron chi connectivity index (χ2n) is 14.2. The minimum atomic E-state index is -4.36. The van der Waals surface area contributed by atoms with Gasteiger partial charge >= 0.3 is 0 Å². The molecular weight excluding hydrogens is 721 g/mol. The Morgan fingerprint density at radius 3 is 2.42 bits per heavy atom. The van der Waals surface area contributed by atoms with Gasteiger partial charge in [0.15, 0.2) is 0 Å². The van der Waals surface area contributed by atoms with Crippen LogP contribution < -0.4 is 24.2 Å². The van der Waals surface area contributed by atoms with Crippen molar-refractivity contribution in [2.75, 3.05) is 20.3 Å². The second-order valence-corrected chi connectivity index (χ2v) is 15.9. The average Bonchev–Trinajstić information content (AvgIpc) is 3.63. The van der Waals surface area contributed by atoms with Crippen molar-refractivity contribution in [1.29, 1.82) is 0 Å². The summed E-state index contributed by atoms with van der Waals surface area (Å²) < 4.78 is 47.2. The lowest BCUT2D eigenvalue weighted by Gasteiger charge is -2.25. The Kier molecular flexibility index (Phi) is 12.1. The summed E-state index contributed by atoms with van der Waals surface area (Å²) in [5.41, 5.74) is 0.747. The van der Waals surface area contributed by atoms with Gasteiger partial charge in [0, 0.05) is 36.4 Å². The molecule has 2 N–H and O–H groups in total. The van der Waals surface area contributed by atoms with E-state index in [4.69, 9.17) is 19.2 Å². The van der Waals surface area contributed by atoms with Crippen LogP contribution in [0.3, 0.4) is 0 Å². The lowest BCUT2D eigenvalue weighted by Crippen LogP contribution is -2.56. The third kappa shape index (κ3) is 8.94. The van der Waals surface area contributed by atoms with Crippen molar-refractivity contribution < 1.29 is 37.0 Å². The highest BCUT2D eigenvalue weighted by Gasteiger charge is 2.60. The van der Waals surface area contributed by atoms with Crippen molar-refractivity contribution in [2.45, 2.75) is 81.4 Å². The number of amides is 3. The predicted molar refractivity (Wildman–Crippen MR) is 209 cm³/mol. The number of pyridine rings is 1. The Hall–Kier alpha value is -5.43. The normalized spacial score (nSPS) is 20.4. The number of para-hydroxylation sites is 1. The fraction of sp³-hybridized carbons (Fsp3) is 0.381. The van der Waals surface area contributed by atoms with E-state index < -0.39 is 39.5 Å². The van der Waals surface area contributed by atoms with E-state index >= 15 is 0 Å². The van der Waals surface area contributed by atoms with E-state index in [1.807, 2.05) is 60.7 Å². The Morgan fingerprint density at radius 2 is 1.71 bits per heavy atom. The summed E-state index contributed by atoms with van der Waals surface area (Å²) in [5.74, 6) is -0.793. The molecule has 6 rings (SSSR count). The number of sulfonamides is 1. The molecule has 0 unspecified atom stereocenters. The summed E-state index contributed by atoms with van der Waals surface area (Å²) in [4.78, 5) is 46.7. The first-order valence-corrected chi connectivity index (χ1v) is 20.1. The van der Waals surface area contributed by atoms with E-state index in [-0.39, 0.29) is 41.9 Å². The van der Waals surface area contributed by atoms with Gasteiger partial charge in [-0.2, -0.15) is 0 Å². The summed E-state index contributed by atoms with van der Waals surface area (Å²) in [5, 5.41) is 3.56. The van der Waals surface area contributed by atoms with Crippen LogP contribution in [0.1, 0.15) is 58.8 Å². The third-order valence-electron chi connectivity index (χ3n) is 10.3. The Labute approximate surface area is 322 Å². The smallest absolute Gasteiger partial charge is 0.267 e. The van der Waals surface area contributed by atoms with E-state index in [0.717, 1.165) is 43.1 Å². The van der Waals surface area contributed by atoms with Gasteiger partial charge in [0.1, 0.15) is 39.8 Å². The molecule has 1 saturated heterocycles. The number of fused-ring (bicyclic) bond motifs is 1. The molecule has 0 bridgehead atoms. The van der Waals surface area contributed by atoms with Crippen LogP contribution in [0.2, 0.25) is 0 Å². The highest BCUT2D eigenvalue weighted by molar-refractivity contribution is 7.90. The fourth-order valence-corrected chi connectivity index (χ4v) is 8.26. The van der Waals surface area contributed by atoms with Crippen LogP contribution in [0, 0.1) is 5.92 Å². The number of hydrogen-bond donors (Lipinski definition) is 2. The van der Waals surface area contributed by atoms with Crippen LogP contribution in [-0.4, -0.2) is 74.0 Å². The van der Waals surface area contributed by atoms with E-state index in [0.29, 0.717) is 29.3 Å². The van der Waals surface area contributed by atoms with Gasteiger partial charge in [-0.05, 0) is 55.9 Å². The van der Waals surface area contributed by atoms with E-state index in [1.54, 1.807) is 32.2 Å². The van der Waals surface area contributed by atoms with Gasteiger partial charge in [0.25, 0.3) is 15.9 Å². The number of ether oxygens (including phenoxy) is 3. The molecule has 1 saturated carbocycles. The van der Waals surface area contributed by atoms with Crippen molar-refractivity contribution >= 4 is 38.6 Å². The molecule has 13 heteroatoms. The van der Waals surface area contributed by atoms with Gasteiger partial charge in [-0.3, -0.25) is 14.4 Å². The molecule has 0 spiro atoms. The number of nitrogens with one attached hydrogen (secondary N) is 2. The molecular formula is C42H48N4O8S. The van der Waals surface area contributed by atoms with Gasteiger partial charge in [-0.1, -0.05) is 68.3 Å². The molecule has 2 fully saturated rings. The molecule has 290 valence electrons. The summed E-state index contributed by atoms with van der Waals surface area (Å²) in [6, 6.07) is 22.2. The SMILES string of the molecule is C=CCCCCCCOc1ccccc1S(=O)(=O)NC(=O)[C@@]1(NC(=O)[C@@H]2C[C@@H](Oc3cc(-c4ccccc4)nc4cc(OC)ccc34)CN2C(C)=O)C[C@H]1C. The topological polar surface area (TPSA) is 153 Å². The largest absolute Gasteiger partial charge is 0.497 e. The minimum Gasteiger partial charge on any atom is -0.497 e. The van der Waals surface area contributed by atoms with Gasteiger partial charge in [-0.15, -0.1) is 6.58 Å². The quantitative estimate of drug-likeness (QED) is 0.0946. The van der Waals surface area contributed by atoms with E-state index in [2.05, 4.69) is 16.6 Å². The maximum atomic E-state index is 14.0. The molecule has 1 aromatic heterocycles. The van der Waals surface area contributed by atoms with Gasteiger partial charge < -0.3 is 24.4 Å². The molecule has 1 aliphatic carbocycles. The molecule has 55 heavy (non-hydrogen) atoms. The first kappa shape index (κ1) is 39.3. The second kappa shape index (κ2) is 16.9. The van der Waals surface area contributed by atoms with Crippen LogP contribution in [0.5, 0.6) is 17.2 Å². The molecule has 3 amide bonds.